The topological polar surface area (TPSA) is 23.8 Å². The van der Waals surface area contributed by atoms with Gasteiger partial charge < -0.3 is 0 Å². The van der Waals surface area contributed by atoms with Crippen LogP contribution >= 0.6 is 11.6 Å². The second-order valence-electron chi connectivity index (χ2n) is 1.63. The van der Waals surface area contributed by atoms with Crippen LogP contribution in [0.3, 0.4) is 0 Å². The van der Waals surface area contributed by atoms with Gasteiger partial charge in [-0.05, 0) is 17.6 Å². The summed E-state index contributed by atoms with van der Waals surface area (Å²) in [5, 5.41) is 8.24. The fourth-order valence-corrected chi connectivity index (χ4v) is 0.585. The highest BCUT2D eigenvalue weighted by Crippen LogP contribution is 2.09. The standard InChI is InChI=1S/C8H6ClN/c9-8-3-1-7(2-4-8)5-6-10/h1-4H,5H2/i1D,2D,3D,4D. The Balaban J connectivity index is 3.53. The predicted octanol–water partition coefficient (Wildman–Crippen LogP) is 2.41. The van der Waals surface area contributed by atoms with E-state index < -0.39 is 0 Å². The third kappa shape index (κ3) is 1.75. The van der Waals surface area contributed by atoms with Gasteiger partial charge in [-0.2, -0.15) is 5.26 Å². The van der Waals surface area contributed by atoms with E-state index in [2.05, 4.69) is 0 Å². The van der Waals surface area contributed by atoms with Crippen LogP contribution < -0.4 is 0 Å². The van der Waals surface area contributed by atoms with Crippen molar-refractivity contribution in [3.05, 3.63) is 34.8 Å². The highest BCUT2D eigenvalue weighted by Gasteiger charge is 1.89. The van der Waals surface area contributed by atoms with Crippen molar-refractivity contribution in [1.29, 1.82) is 5.26 Å². The Kier molecular flexibility index (Phi) is 1.10. The van der Waals surface area contributed by atoms with E-state index in [1.807, 2.05) is 0 Å². The largest absolute Gasteiger partial charge is 0.198 e. The van der Waals surface area contributed by atoms with Crippen LogP contribution in [0.2, 0.25) is 5.02 Å². The Labute approximate surface area is 70.5 Å². The van der Waals surface area contributed by atoms with Gasteiger partial charge in [-0.15, -0.1) is 0 Å². The summed E-state index contributed by atoms with van der Waals surface area (Å²) in [5.74, 6) is 0. The lowest BCUT2D eigenvalue weighted by Gasteiger charge is -1.91. The van der Waals surface area contributed by atoms with Crippen LogP contribution in [-0.2, 0) is 6.42 Å². The Morgan fingerprint density at radius 2 is 2.10 bits per heavy atom. The fraction of sp³-hybridized carbons (Fsp3) is 0.125. The van der Waals surface area contributed by atoms with Crippen LogP contribution in [0.25, 0.3) is 0 Å². The maximum absolute atomic E-state index is 8.45. The smallest absolute Gasteiger partial charge is 0.0669 e. The Bertz CT molecular complexity index is 395. The molecule has 0 spiro atoms. The summed E-state index contributed by atoms with van der Waals surface area (Å²) in [6.07, 6.45) is -0.146. The molecule has 0 N–H and O–H groups in total. The first kappa shape index (κ1) is 3.41. The van der Waals surface area contributed by atoms with Gasteiger partial charge >= 0.3 is 0 Å². The molecule has 0 aromatic heterocycles. The van der Waals surface area contributed by atoms with Crippen molar-refractivity contribution in [2.24, 2.45) is 0 Å². The maximum Gasteiger partial charge on any atom is 0.0669 e. The molecule has 0 aliphatic rings. The summed E-state index contributed by atoms with van der Waals surface area (Å²) in [4.78, 5) is 0. The molecule has 0 saturated carbocycles. The minimum Gasteiger partial charge on any atom is -0.198 e. The molecule has 0 bridgehead atoms. The predicted molar refractivity (Wildman–Crippen MR) is 40.8 cm³/mol. The molecule has 0 atom stereocenters. The van der Waals surface area contributed by atoms with Crippen LogP contribution in [0.5, 0.6) is 0 Å². The van der Waals surface area contributed by atoms with Crippen molar-refractivity contribution < 1.29 is 5.48 Å². The molecule has 1 rings (SSSR count). The average Bonchev–Trinajstić information content (AvgIpc) is 2.19. The molecule has 1 nitrogen and oxygen atoms in total. The lowest BCUT2D eigenvalue weighted by Crippen LogP contribution is -1.78. The molecule has 0 radical (unpaired) electrons. The van der Waals surface area contributed by atoms with Crippen LogP contribution in [0.15, 0.2) is 24.2 Å². The van der Waals surface area contributed by atoms with Gasteiger partial charge in [0.1, 0.15) is 0 Å². The number of halogens is 1. The number of benzene rings is 1. The molecule has 0 amide bonds. The molecular formula is C8H6ClN. The third-order valence-electron chi connectivity index (χ3n) is 0.902. The number of nitriles is 1. The summed E-state index contributed by atoms with van der Waals surface area (Å²) >= 11 is 5.56. The van der Waals surface area contributed by atoms with Crippen molar-refractivity contribution in [2.45, 2.75) is 6.42 Å². The molecule has 10 heavy (non-hydrogen) atoms. The van der Waals surface area contributed by atoms with Gasteiger partial charge in [0, 0.05) is 5.02 Å². The van der Waals surface area contributed by atoms with Crippen molar-refractivity contribution >= 4 is 11.6 Å². The lowest BCUT2D eigenvalue weighted by molar-refractivity contribution is 1.26. The summed E-state index contributed by atoms with van der Waals surface area (Å²) in [6, 6.07) is 0.726. The summed E-state index contributed by atoms with van der Waals surface area (Å²) in [6.45, 7) is 0. The second kappa shape index (κ2) is 3.24. The Morgan fingerprint density at radius 1 is 1.50 bits per heavy atom. The van der Waals surface area contributed by atoms with E-state index in [1.165, 1.54) is 0 Å². The van der Waals surface area contributed by atoms with Gasteiger partial charge in [0.25, 0.3) is 0 Å². The number of hydrogen-bond donors (Lipinski definition) is 0. The van der Waals surface area contributed by atoms with Crippen molar-refractivity contribution in [1.82, 2.24) is 0 Å². The summed E-state index contributed by atoms with van der Waals surface area (Å²) < 4.78 is 29.6. The molecule has 50 valence electrons. The van der Waals surface area contributed by atoms with Gasteiger partial charge in [0.05, 0.1) is 18.0 Å². The van der Waals surface area contributed by atoms with Gasteiger partial charge in [-0.3, -0.25) is 0 Å². The molecule has 0 aliphatic heterocycles. The summed E-state index contributed by atoms with van der Waals surface area (Å²) in [7, 11) is 0. The molecular weight excluding hydrogens is 146 g/mol. The second-order valence-corrected chi connectivity index (χ2v) is 2.01. The zero-order chi connectivity index (χ0) is 10.9. The van der Waals surface area contributed by atoms with Crippen LogP contribution in [0, 0.1) is 11.3 Å². The van der Waals surface area contributed by atoms with E-state index in [1.54, 1.807) is 6.07 Å². The maximum atomic E-state index is 8.45. The molecule has 1 aromatic carbocycles. The van der Waals surface area contributed by atoms with E-state index in [9.17, 15) is 0 Å². The highest BCUT2D eigenvalue weighted by molar-refractivity contribution is 6.30. The minimum absolute atomic E-state index is 0.0897. The van der Waals surface area contributed by atoms with E-state index in [0.717, 1.165) is 0 Å². The Hall–Kier alpha value is -1.000. The molecule has 2 heteroatoms. The van der Waals surface area contributed by atoms with Crippen LogP contribution in [0.4, 0.5) is 0 Å². The monoisotopic (exact) mass is 155 g/mol. The van der Waals surface area contributed by atoms with E-state index in [-0.39, 0.29) is 41.2 Å². The van der Waals surface area contributed by atoms with Gasteiger partial charge in [-0.25, -0.2) is 0 Å². The lowest BCUT2D eigenvalue weighted by atomic mass is 10.2. The Morgan fingerprint density at radius 3 is 2.60 bits per heavy atom. The number of nitrogens with zero attached hydrogens (tertiary/aromatic N) is 1. The molecule has 0 fully saturated rings. The first-order valence-corrected chi connectivity index (χ1v) is 3.00. The van der Waals surface area contributed by atoms with Crippen molar-refractivity contribution in [2.75, 3.05) is 0 Å². The molecule has 0 unspecified atom stereocenters. The SMILES string of the molecule is [2H]c1c([2H])c(CC#N)c([2H])c([2H])c1Cl. The molecule has 0 saturated heterocycles. The van der Waals surface area contributed by atoms with Gasteiger partial charge in [0.2, 0.25) is 0 Å². The highest BCUT2D eigenvalue weighted by atomic mass is 35.5. The quantitative estimate of drug-likeness (QED) is 0.611. The number of hydrogen-bond acceptors (Lipinski definition) is 1. The fourth-order valence-electron chi connectivity index (χ4n) is 0.491. The van der Waals surface area contributed by atoms with Crippen LogP contribution in [-0.4, -0.2) is 0 Å². The zero-order valence-electron chi connectivity index (χ0n) is 9.03. The van der Waals surface area contributed by atoms with Gasteiger partial charge in [0.15, 0.2) is 0 Å². The zero-order valence-corrected chi connectivity index (χ0v) is 5.79. The molecule has 0 aliphatic carbocycles. The van der Waals surface area contributed by atoms with Gasteiger partial charge in [-0.1, -0.05) is 23.7 Å². The van der Waals surface area contributed by atoms with E-state index in [0.29, 0.717) is 0 Å². The third-order valence-corrected chi connectivity index (χ3v) is 1.09. The minimum atomic E-state index is -0.294. The van der Waals surface area contributed by atoms with Crippen LogP contribution in [0.1, 0.15) is 11.0 Å². The van der Waals surface area contributed by atoms with E-state index >= 15 is 0 Å². The first-order valence-electron chi connectivity index (χ1n) is 4.62. The average molecular weight is 156 g/mol. The number of rotatable bonds is 1. The normalized spacial score (nSPS) is 14.4. The molecule has 0 heterocycles. The van der Waals surface area contributed by atoms with Crippen molar-refractivity contribution in [3.63, 3.8) is 0 Å². The first-order chi connectivity index (χ1) is 6.50. The van der Waals surface area contributed by atoms with E-state index in [4.69, 9.17) is 22.3 Å². The summed E-state index contributed by atoms with van der Waals surface area (Å²) in [5.41, 5.74) is 0.0897. The molecule has 1 aromatic rings. The van der Waals surface area contributed by atoms with Crippen molar-refractivity contribution in [3.8, 4) is 6.07 Å².